The topological polar surface area (TPSA) is 88.3 Å². The zero-order valence-corrected chi connectivity index (χ0v) is 14.0. The summed E-state index contributed by atoms with van der Waals surface area (Å²) in [7, 11) is 0. The summed E-state index contributed by atoms with van der Waals surface area (Å²) in [4.78, 5) is 29.8. The molecular weight excluding hydrogens is 320 g/mol. The number of aryl methyl sites for hydroxylation is 1. The van der Waals surface area contributed by atoms with Crippen LogP contribution >= 0.6 is 0 Å². The number of amides is 2. The van der Waals surface area contributed by atoms with Gasteiger partial charge in [0.1, 0.15) is 5.76 Å². The molecule has 0 radical (unpaired) electrons. The Labute approximate surface area is 144 Å². The highest BCUT2D eigenvalue weighted by atomic mass is 16.5. The van der Waals surface area contributed by atoms with Crippen molar-refractivity contribution in [2.45, 2.75) is 20.3 Å². The van der Waals surface area contributed by atoms with E-state index in [0.717, 1.165) is 10.9 Å². The van der Waals surface area contributed by atoms with Crippen LogP contribution in [0.4, 0.5) is 11.5 Å². The molecule has 25 heavy (non-hydrogen) atoms. The summed E-state index contributed by atoms with van der Waals surface area (Å²) >= 11 is 0. The van der Waals surface area contributed by atoms with Gasteiger partial charge in [-0.3, -0.25) is 19.5 Å². The number of rotatable bonds is 5. The van der Waals surface area contributed by atoms with E-state index in [0.29, 0.717) is 17.3 Å². The Kier molecular flexibility index (Phi) is 4.74. The summed E-state index contributed by atoms with van der Waals surface area (Å²) in [6.45, 7) is 3.39. The van der Waals surface area contributed by atoms with E-state index in [1.165, 1.54) is 11.8 Å². The van der Waals surface area contributed by atoms with Crippen LogP contribution in [0.15, 0.2) is 47.1 Å². The Bertz CT molecular complexity index is 914. The molecule has 128 valence electrons. The van der Waals surface area contributed by atoms with Crippen LogP contribution in [0.2, 0.25) is 0 Å². The molecule has 0 aliphatic rings. The Hall–Kier alpha value is -3.22. The number of para-hydroxylation sites is 1. The minimum absolute atomic E-state index is 0.134. The van der Waals surface area contributed by atoms with E-state index in [-0.39, 0.29) is 24.8 Å². The van der Waals surface area contributed by atoms with Crippen molar-refractivity contribution in [3.8, 4) is 0 Å². The van der Waals surface area contributed by atoms with Gasteiger partial charge in [-0.25, -0.2) is 0 Å². The van der Waals surface area contributed by atoms with E-state index in [2.05, 4.69) is 15.5 Å². The molecule has 7 nitrogen and oxygen atoms in total. The summed E-state index contributed by atoms with van der Waals surface area (Å²) in [5.41, 5.74) is 1.38. The highest BCUT2D eigenvalue weighted by molar-refractivity contribution is 6.00. The lowest BCUT2D eigenvalue weighted by atomic mass is 10.2. The zero-order chi connectivity index (χ0) is 17.8. The molecule has 7 heteroatoms. The van der Waals surface area contributed by atoms with E-state index in [1.807, 2.05) is 24.3 Å². The van der Waals surface area contributed by atoms with E-state index in [9.17, 15) is 9.59 Å². The van der Waals surface area contributed by atoms with Crippen LogP contribution in [-0.4, -0.2) is 28.5 Å². The van der Waals surface area contributed by atoms with Gasteiger partial charge in [0.25, 0.3) is 0 Å². The fraction of sp³-hybridized carbons (Fsp3) is 0.222. The fourth-order valence-corrected chi connectivity index (χ4v) is 2.54. The molecular formula is C18H18N4O3. The van der Waals surface area contributed by atoms with Crippen molar-refractivity contribution in [1.29, 1.82) is 0 Å². The molecule has 1 N–H and O–H groups in total. The average molecular weight is 338 g/mol. The number of anilines is 2. The number of aromatic nitrogens is 2. The van der Waals surface area contributed by atoms with E-state index in [1.54, 1.807) is 25.3 Å². The maximum absolute atomic E-state index is 12.3. The van der Waals surface area contributed by atoms with Gasteiger partial charge in [0.05, 0.1) is 11.2 Å². The molecule has 0 saturated carbocycles. The molecule has 0 fully saturated rings. The van der Waals surface area contributed by atoms with Crippen LogP contribution in [0.3, 0.4) is 0 Å². The second kappa shape index (κ2) is 7.12. The molecule has 2 heterocycles. The van der Waals surface area contributed by atoms with Crippen molar-refractivity contribution in [2.24, 2.45) is 0 Å². The van der Waals surface area contributed by atoms with Gasteiger partial charge < -0.3 is 9.84 Å². The monoisotopic (exact) mass is 338 g/mol. The summed E-state index contributed by atoms with van der Waals surface area (Å²) in [6.07, 6.45) is 1.82. The molecule has 2 aromatic heterocycles. The Morgan fingerprint density at radius 1 is 1.24 bits per heavy atom. The number of nitrogens with zero attached hydrogens (tertiary/aromatic N) is 3. The average Bonchev–Trinajstić information content (AvgIpc) is 3.01. The van der Waals surface area contributed by atoms with Crippen molar-refractivity contribution in [2.75, 3.05) is 16.8 Å². The maximum Gasteiger partial charge on any atom is 0.226 e. The number of carbonyl (C=O) groups is 2. The second-order valence-electron chi connectivity index (χ2n) is 5.65. The molecule has 2 amide bonds. The standard InChI is InChI=1S/C18H18N4O3/c1-12-11-16(21-25-12)22(13(2)23)10-8-17(24)20-15-7-3-5-14-6-4-9-19-18(14)15/h3-7,9,11H,8,10H2,1-2H3,(H,20,24). The predicted octanol–water partition coefficient (Wildman–Crippen LogP) is 2.91. The molecule has 0 saturated heterocycles. The van der Waals surface area contributed by atoms with Crippen LogP contribution in [0.1, 0.15) is 19.1 Å². The summed E-state index contributed by atoms with van der Waals surface area (Å²) in [6, 6.07) is 11.0. The van der Waals surface area contributed by atoms with Gasteiger partial charge in [-0.05, 0) is 19.1 Å². The number of benzene rings is 1. The van der Waals surface area contributed by atoms with E-state index < -0.39 is 0 Å². The van der Waals surface area contributed by atoms with Crippen molar-refractivity contribution >= 4 is 34.2 Å². The normalized spacial score (nSPS) is 10.6. The first-order valence-electron chi connectivity index (χ1n) is 7.89. The summed E-state index contributed by atoms with van der Waals surface area (Å²) < 4.78 is 4.99. The first-order valence-corrected chi connectivity index (χ1v) is 7.89. The minimum Gasteiger partial charge on any atom is -0.360 e. The van der Waals surface area contributed by atoms with E-state index >= 15 is 0 Å². The largest absolute Gasteiger partial charge is 0.360 e. The Morgan fingerprint density at radius 3 is 2.76 bits per heavy atom. The van der Waals surface area contributed by atoms with Crippen molar-refractivity contribution in [1.82, 2.24) is 10.1 Å². The molecule has 3 aromatic rings. The third-order valence-corrected chi connectivity index (χ3v) is 3.74. The van der Waals surface area contributed by atoms with Gasteiger partial charge >= 0.3 is 0 Å². The molecule has 0 aliphatic heterocycles. The zero-order valence-electron chi connectivity index (χ0n) is 14.0. The van der Waals surface area contributed by atoms with Gasteiger partial charge in [0.2, 0.25) is 11.8 Å². The van der Waals surface area contributed by atoms with Crippen LogP contribution in [0.5, 0.6) is 0 Å². The first-order chi connectivity index (χ1) is 12.0. The van der Waals surface area contributed by atoms with Gasteiger partial charge in [-0.1, -0.05) is 23.4 Å². The molecule has 0 aliphatic carbocycles. The summed E-state index contributed by atoms with van der Waals surface area (Å²) in [5, 5.41) is 7.63. The number of nitrogens with one attached hydrogen (secondary N) is 1. The lowest BCUT2D eigenvalue weighted by Gasteiger charge is -2.17. The molecule has 1 aromatic carbocycles. The summed E-state index contributed by atoms with van der Waals surface area (Å²) in [5.74, 6) is 0.606. The number of pyridine rings is 1. The quantitative estimate of drug-likeness (QED) is 0.773. The van der Waals surface area contributed by atoms with Crippen LogP contribution in [0.25, 0.3) is 10.9 Å². The van der Waals surface area contributed by atoms with Crippen LogP contribution in [-0.2, 0) is 9.59 Å². The number of hydrogen-bond acceptors (Lipinski definition) is 5. The first kappa shape index (κ1) is 16.6. The second-order valence-corrected chi connectivity index (χ2v) is 5.65. The van der Waals surface area contributed by atoms with Gasteiger partial charge in [-0.2, -0.15) is 0 Å². The van der Waals surface area contributed by atoms with Gasteiger partial charge in [0, 0.05) is 37.5 Å². The van der Waals surface area contributed by atoms with Gasteiger partial charge in [-0.15, -0.1) is 0 Å². The third-order valence-electron chi connectivity index (χ3n) is 3.74. The van der Waals surface area contributed by atoms with Crippen molar-refractivity contribution < 1.29 is 14.1 Å². The smallest absolute Gasteiger partial charge is 0.226 e. The number of fused-ring (bicyclic) bond motifs is 1. The molecule has 0 spiro atoms. The number of hydrogen-bond donors (Lipinski definition) is 1. The van der Waals surface area contributed by atoms with Crippen LogP contribution in [0, 0.1) is 6.92 Å². The lowest BCUT2D eigenvalue weighted by Crippen LogP contribution is -2.32. The van der Waals surface area contributed by atoms with Crippen LogP contribution < -0.4 is 10.2 Å². The SMILES string of the molecule is CC(=O)N(CCC(=O)Nc1cccc2cccnc12)c1cc(C)on1. The minimum atomic E-state index is -0.204. The maximum atomic E-state index is 12.3. The highest BCUT2D eigenvalue weighted by Crippen LogP contribution is 2.21. The fourth-order valence-electron chi connectivity index (χ4n) is 2.54. The molecule has 0 atom stereocenters. The van der Waals surface area contributed by atoms with Crippen molar-refractivity contribution in [3.05, 3.63) is 48.4 Å². The highest BCUT2D eigenvalue weighted by Gasteiger charge is 2.17. The lowest BCUT2D eigenvalue weighted by molar-refractivity contribution is -0.117. The van der Waals surface area contributed by atoms with Gasteiger partial charge in [0.15, 0.2) is 5.82 Å². The Morgan fingerprint density at radius 2 is 2.04 bits per heavy atom. The predicted molar refractivity (Wildman–Crippen MR) is 94.3 cm³/mol. The molecule has 0 bridgehead atoms. The van der Waals surface area contributed by atoms with E-state index in [4.69, 9.17) is 4.52 Å². The molecule has 3 rings (SSSR count). The number of carbonyl (C=O) groups excluding carboxylic acids is 2. The van der Waals surface area contributed by atoms with Crippen molar-refractivity contribution in [3.63, 3.8) is 0 Å². The Balaban J connectivity index is 1.68. The third kappa shape index (κ3) is 3.82. The molecule has 0 unspecified atom stereocenters.